The highest BCUT2D eigenvalue weighted by Gasteiger charge is 2.17. The van der Waals surface area contributed by atoms with Gasteiger partial charge in [0.05, 0.1) is 0 Å². The van der Waals surface area contributed by atoms with E-state index in [1.54, 1.807) is 0 Å². The van der Waals surface area contributed by atoms with Crippen LogP contribution in [0.2, 0.25) is 0 Å². The van der Waals surface area contributed by atoms with Crippen LogP contribution in [0, 0.1) is 5.41 Å². The summed E-state index contributed by atoms with van der Waals surface area (Å²) in [6.45, 7) is 15.8. The van der Waals surface area contributed by atoms with E-state index in [0.717, 1.165) is 16.8 Å². The van der Waals surface area contributed by atoms with Gasteiger partial charge in [0.25, 0.3) is 0 Å². The van der Waals surface area contributed by atoms with Gasteiger partial charge in [-0.05, 0) is 23.5 Å². The summed E-state index contributed by atoms with van der Waals surface area (Å²) in [7, 11) is 0. The quantitative estimate of drug-likeness (QED) is 0.625. The second kappa shape index (κ2) is 3.61. The van der Waals surface area contributed by atoms with Gasteiger partial charge in [0.15, 0.2) is 0 Å². The Hall–Kier alpha value is -0.980. The lowest BCUT2D eigenvalue weighted by atomic mass is 9.84. The van der Waals surface area contributed by atoms with E-state index >= 15 is 0 Å². The van der Waals surface area contributed by atoms with Crippen molar-refractivity contribution in [1.29, 1.82) is 0 Å². The first-order valence-corrected chi connectivity index (χ1v) is 4.09. The van der Waals surface area contributed by atoms with Crippen LogP contribution in [-0.2, 0) is 0 Å². The molecule has 12 heavy (non-hydrogen) atoms. The molecule has 0 saturated carbocycles. The van der Waals surface area contributed by atoms with Crippen molar-refractivity contribution < 1.29 is 0 Å². The van der Waals surface area contributed by atoms with Gasteiger partial charge in [0, 0.05) is 5.70 Å². The van der Waals surface area contributed by atoms with Gasteiger partial charge in [0.2, 0.25) is 0 Å². The van der Waals surface area contributed by atoms with E-state index in [2.05, 4.69) is 33.9 Å². The largest absolute Gasteiger partial charge is 0.398 e. The maximum Gasteiger partial charge on any atom is 0.0375 e. The van der Waals surface area contributed by atoms with Crippen molar-refractivity contribution in [2.45, 2.75) is 27.7 Å². The fourth-order valence-electron chi connectivity index (χ4n) is 1.05. The molecule has 0 rings (SSSR count). The molecule has 0 aliphatic carbocycles. The Morgan fingerprint density at radius 3 is 1.83 bits per heavy atom. The van der Waals surface area contributed by atoms with Gasteiger partial charge in [-0.1, -0.05) is 40.0 Å². The van der Waals surface area contributed by atoms with E-state index in [1.807, 2.05) is 13.0 Å². The van der Waals surface area contributed by atoms with Crippen LogP contribution >= 0.6 is 0 Å². The van der Waals surface area contributed by atoms with Crippen molar-refractivity contribution in [3.8, 4) is 0 Å². The van der Waals surface area contributed by atoms with Gasteiger partial charge in [-0.2, -0.15) is 0 Å². The molecule has 0 aromatic heterocycles. The Morgan fingerprint density at radius 2 is 1.75 bits per heavy atom. The smallest absolute Gasteiger partial charge is 0.0375 e. The Balaban J connectivity index is 5.14. The molecule has 0 radical (unpaired) electrons. The van der Waals surface area contributed by atoms with E-state index in [9.17, 15) is 0 Å². The summed E-state index contributed by atoms with van der Waals surface area (Å²) in [5, 5.41) is 0. The maximum absolute atomic E-state index is 5.87. The lowest BCUT2D eigenvalue weighted by Crippen LogP contribution is -2.14. The highest BCUT2D eigenvalue weighted by molar-refractivity contribution is 5.37. The molecule has 0 unspecified atom stereocenters. The molecule has 0 heterocycles. The zero-order valence-electron chi connectivity index (χ0n) is 8.57. The lowest BCUT2D eigenvalue weighted by Gasteiger charge is -2.22. The van der Waals surface area contributed by atoms with Gasteiger partial charge < -0.3 is 5.73 Å². The second-order valence-electron chi connectivity index (χ2n) is 4.06. The van der Waals surface area contributed by atoms with E-state index < -0.39 is 0 Å². The molecule has 0 aromatic carbocycles. The first-order valence-electron chi connectivity index (χ1n) is 4.09. The lowest BCUT2D eigenvalue weighted by molar-refractivity contribution is 0.512. The fraction of sp³-hybridized carbons (Fsp3) is 0.455. The highest BCUT2D eigenvalue weighted by Crippen LogP contribution is 2.28. The van der Waals surface area contributed by atoms with Crippen molar-refractivity contribution in [1.82, 2.24) is 0 Å². The predicted molar refractivity (Wildman–Crippen MR) is 55.7 cm³/mol. The summed E-state index contributed by atoms with van der Waals surface area (Å²) in [4.78, 5) is 0. The van der Waals surface area contributed by atoms with Gasteiger partial charge in [-0.3, -0.25) is 0 Å². The van der Waals surface area contributed by atoms with Crippen molar-refractivity contribution in [2.75, 3.05) is 0 Å². The molecule has 0 bridgehead atoms. The van der Waals surface area contributed by atoms with Crippen molar-refractivity contribution in [3.63, 3.8) is 0 Å². The van der Waals surface area contributed by atoms with Crippen LogP contribution in [0.3, 0.4) is 0 Å². The van der Waals surface area contributed by atoms with Gasteiger partial charge in [-0.25, -0.2) is 0 Å². The van der Waals surface area contributed by atoms with Crippen molar-refractivity contribution >= 4 is 0 Å². The van der Waals surface area contributed by atoms with Gasteiger partial charge in [-0.15, -0.1) is 0 Å². The van der Waals surface area contributed by atoms with E-state index in [4.69, 9.17) is 5.73 Å². The van der Waals surface area contributed by atoms with Crippen molar-refractivity contribution in [3.05, 3.63) is 36.1 Å². The van der Waals surface area contributed by atoms with Crippen LogP contribution in [0.25, 0.3) is 0 Å². The molecule has 1 heteroatoms. The van der Waals surface area contributed by atoms with Crippen LogP contribution in [0.1, 0.15) is 27.7 Å². The van der Waals surface area contributed by atoms with E-state index in [0.29, 0.717) is 0 Å². The number of hydrogen-bond donors (Lipinski definition) is 1. The van der Waals surface area contributed by atoms with Crippen LogP contribution in [0.15, 0.2) is 36.1 Å². The molecule has 0 saturated heterocycles. The number of rotatable bonds is 2. The average Bonchev–Trinajstić information content (AvgIpc) is 1.85. The standard InChI is InChI=1S/C11H19N/c1-7-9(11(4,5)6)10(12)8(2)3/h7H,1-2,12H2,3-6H3/b10-9-. The van der Waals surface area contributed by atoms with Crippen LogP contribution in [-0.4, -0.2) is 0 Å². The molecule has 0 aliphatic heterocycles. The summed E-state index contributed by atoms with van der Waals surface area (Å²) in [6.07, 6.45) is 1.81. The summed E-state index contributed by atoms with van der Waals surface area (Å²) in [5.74, 6) is 0. The first-order chi connectivity index (χ1) is 5.30. The molecule has 2 N–H and O–H groups in total. The molecule has 0 amide bonds. The minimum atomic E-state index is 0.0464. The van der Waals surface area contributed by atoms with Gasteiger partial charge >= 0.3 is 0 Å². The Morgan fingerprint density at radius 1 is 1.33 bits per heavy atom. The van der Waals surface area contributed by atoms with Gasteiger partial charge in [0.1, 0.15) is 0 Å². The minimum Gasteiger partial charge on any atom is -0.398 e. The normalized spacial score (nSPS) is 13.7. The highest BCUT2D eigenvalue weighted by atomic mass is 14.6. The summed E-state index contributed by atoms with van der Waals surface area (Å²) in [5.41, 5.74) is 8.64. The number of hydrogen-bond acceptors (Lipinski definition) is 1. The monoisotopic (exact) mass is 165 g/mol. The molecular weight excluding hydrogens is 146 g/mol. The minimum absolute atomic E-state index is 0.0464. The molecular formula is C11H19N. The Bertz CT molecular complexity index is 226. The predicted octanol–water partition coefficient (Wildman–Crippen LogP) is 3.01. The Labute approximate surface area is 75.7 Å². The maximum atomic E-state index is 5.87. The molecule has 68 valence electrons. The van der Waals surface area contributed by atoms with Crippen LogP contribution < -0.4 is 5.73 Å². The topological polar surface area (TPSA) is 26.0 Å². The third-order valence-corrected chi connectivity index (χ3v) is 1.76. The molecule has 0 aliphatic rings. The molecule has 0 spiro atoms. The number of nitrogens with two attached hydrogens (primary N) is 1. The SMILES string of the molecule is C=C/C(=C(/N)C(=C)C)C(C)(C)C. The molecule has 0 atom stereocenters. The zero-order valence-corrected chi connectivity index (χ0v) is 8.57. The zero-order chi connectivity index (χ0) is 9.94. The average molecular weight is 165 g/mol. The van der Waals surface area contributed by atoms with E-state index in [1.165, 1.54) is 0 Å². The second-order valence-corrected chi connectivity index (χ2v) is 4.06. The summed E-state index contributed by atoms with van der Waals surface area (Å²) in [6, 6.07) is 0. The van der Waals surface area contributed by atoms with Crippen LogP contribution in [0.4, 0.5) is 0 Å². The molecule has 0 fully saturated rings. The van der Waals surface area contributed by atoms with Crippen LogP contribution in [0.5, 0.6) is 0 Å². The number of allylic oxidation sites excluding steroid dienone is 3. The fourth-order valence-corrected chi connectivity index (χ4v) is 1.05. The van der Waals surface area contributed by atoms with Crippen molar-refractivity contribution in [2.24, 2.45) is 11.1 Å². The first kappa shape index (κ1) is 11.0. The summed E-state index contributed by atoms with van der Waals surface area (Å²) >= 11 is 0. The Kier molecular flexibility index (Phi) is 3.32. The third-order valence-electron chi connectivity index (χ3n) is 1.76. The molecule has 1 nitrogen and oxygen atoms in total. The molecule has 0 aromatic rings. The van der Waals surface area contributed by atoms with E-state index in [-0.39, 0.29) is 5.41 Å². The summed E-state index contributed by atoms with van der Waals surface area (Å²) < 4.78 is 0. The third kappa shape index (κ3) is 2.57.